The lowest BCUT2D eigenvalue weighted by Crippen LogP contribution is -2.49. The molecule has 1 heterocycles. The maximum absolute atomic E-state index is 11.5. The smallest absolute Gasteiger partial charge is 0.330 e. The highest BCUT2D eigenvalue weighted by Crippen LogP contribution is 2.44. The van der Waals surface area contributed by atoms with Crippen LogP contribution >= 0.6 is 0 Å². The maximum atomic E-state index is 11.5. The molecule has 1 aliphatic rings. The summed E-state index contributed by atoms with van der Waals surface area (Å²) < 4.78 is 4.70. The van der Waals surface area contributed by atoms with Gasteiger partial charge in [-0.05, 0) is 84.3 Å². The topological polar surface area (TPSA) is 49.8 Å². The number of ether oxygens (including phenoxy) is 1. The standard InChI is InChI=1S/C30H33NO3/c1-4-5-6-22-9-14-26(15-10-22)31-20-19-24-21-27(32)16-17-28(24)30(31,2)25-12-7-23(8-13-25)11-18-29(33)34-3/h7-18,21,32H,4-6,19-20H2,1-3H3/b18-11+. The lowest BCUT2D eigenvalue weighted by molar-refractivity contribution is -0.134. The van der Waals surface area contributed by atoms with Gasteiger partial charge in [0, 0.05) is 18.3 Å². The molecule has 0 saturated carbocycles. The van der Waals surface area contributed by atoms with Gasteiger partial charge in [-0.1, -0.05) is 55.8 Å². The average molecular weight is 456 g/mol. The van der Waals surface area contributed by atoms with Gasteiger partial charge >= 0.3 is 5.97 Å². The van der Waals surface area contributed by atoms with Crippen molar-refractivity contribution in [1.29, 1.82) is 0 Å². The molecule has 4 heteroatoms. The quantitative estimate of drug-likeness (QED) is 0.338. The van der Waals surface area contributed by atoms with E-state index in [2.05, 4.69) is 61.2 Å². The molecular weight excluding hydrogens is 422 g/mol. The van der Waals surface area contributed by atoms with E-state index in [1.807, 2.05) is 18.2 Å². The number of benzene rings is 3. The number of carbonyl (C=O) groups is 1. The van der Waals surface area contributed by atoms with Gasteiger partial charge in [0.2, 0.25) is 0 Å². The van der Waals surface area contributed by atoms with Crippen LogP contribution < -0.4 is 4.90 Å². The van der Waals surface area contributed by atoms with Gasteiger partial charge in [0.25, 0.3) is 0 Å². The second-order valence-corrected chi connectivity index (χ2v) is 9.06. The van der Waals surface area contributed by atoms with Crippen molar-refractivity contribution >= 4 is 17.7 Å². The fourth-order valence-corrected chi connectivity index (χ4v) is 4.94. The number of hydrogen-bond donors (Lipinski definition) is 1. The van der Waals surface area contributed by atoms with Crippen LogP contribution in [0.15, 0.2) is 72.8 Å². The first-order valence-corrected chi connectivity index (χ1v) is 12.0. The van der Waals surface area contributed by atoms with Gasteiger partial charge < -0.3 is 14.7 Å². The number of rotatable bonds is 7. The van der Waals surface area contributed by atoms with Gasteiger partial charge in [-0.25, -0.2) is 4.79 Å². The van der Waals surface area contributed by atoms with Crippen LogP contribution in [0.5, 0.6) is 5.75 Å². The molecule has 0 saturated heterocycles. The van der Waals surface area contributed by atoms with Crippen molar-refractivity contribution in [2.75, 3.05) is 18.6 Å². The Morgan fingerprint density at radius 3 is 2.50 bits per heavy atom. The summed E-state index contributed by atoms with van der Waals surface area (Å²) in [5.74, 6) is -0.0660. The van der Waals surface area contributed by atoms with Crippen molar-refractivity contribution in [2.45, 2.75) is 45.1 Å². The molecule has 0 bridgehead atoms. The minimum Gasteiger partial charge on any atom is -0.508 e. The van der Waals surface area contributed by atoms with Gasteiger partial charge in [-0.15, -0.1) is 0 Å². The first-order chi connectivity index (χ1) is 16.5. The molecule has 176 valence electrons. The summed E-state index contributed by atoms with van der Waals surface area (Å²) in [6.07, 6.45) is 7.57. The Balaban J connectivity index is 1.74. The van der Waals surface area contributed by atoms with Crippen LogP contribution in [-0.2, 0) is 27.9 Å². The Kier molecular flexibility index (Phi) is 7.06. The third-order valence-electron chi connectivity index (χ3n) is 6.91. The number of nitrogens with zero attached hydrogens (tertiary/aromatic N) is 1. The number of fused-ring (bicyclic) bond motifs is 1. The normalized spacial score (nSPS) is 17.6. The Bertz CT molecular complexity index is 1160. The minimum absolute atomic E-state index is 0.304. The summed E-state index contributed by atoms with van der Waals surface area (Å²) in [6, 6.07) is 23.0. The molecule has 0 radical (unpaired) electrons. The zero-order valence-corrected chi connectivity index (χ0v) is 20.3. The van der Waals surface area contributed by atoms with Crippen molar-refractivity contribution in [1.82, 2.24) is 0 Å². The highest BCUT2D eigenvalue weighted by molar-refractivity contribution is 5.86. The van der Waals surface area contributed by atoms with E-state index in [0.717, 1.165) is 30.5 Å². The molecule has 1 unspecified atom stereocenters. The highest BCUT2D eigenvalue weighted by atomic mass is 16.5. The first kappa shape index (κ1) is 23.6. The minimum atomic E-state index is -0.406. The number of hydrogen-bond acceptors (Lipinski definition) is 4. The molecule has 0 aliphatic carbocycles. The van der Waals surface area contributed by atoms with Crippen molar-refractivity contribution < 1.29 is 14.6 Å². The number of phenolic OH excluding ortho intramolecular Hbond substituents is 1. The van der Waals surface area contributed by atoms with E-state index in [4.69, 9.17) is 4.74 Å². The molecule has 1 aliphatic heterocycles. The Morgan fingerprint density at radius 2 is 1.82 bits per heavy atom. The van der Waals surface area contributed by atoms with Crippen molar-refractivity contribution in [3.63, 3.8) is 0 Å². The Labute approximate surface area is 202 Å². The predicted molar refractivity (Wildman–Crippen MR) is 138 cm³/mol. The monoisotopic (exact) mass is 455 g/mol. The number of methoxy groups -OCH3 is 1. The second kappa shape index (κ2) is 10.2. The number of aromatic hydroxyl groups is 1. The molecule has 34 heavy (non-hydrogen) atoms. The van der Waals surface area contributed by atoms with Crippen LogP contribution in [-0.4, -0.2) is 24.7 Å². The molecule has 0 fully saturated rings. The predicted octanol–water partition coefficient (Wildman–Crippen LogP) is 6.25. The summed E-state index contributed by atoms with van der Waals surface area (Å²) in [6.45, 7) is 5.33. The largest absolute Gasteiger partial charge is 0.508 e. The maximum Gasteiger partial charge on any atom is 0.330 e. The summed E-state index contributed by atoms with van der Waals surface area (Å²) >= 11 is 0. The molecule has 3 aromatic carbocycles. The van der Waals surface area contributed by atoms with Crippen LogP contribution in [0.4, 0.5) is 5.69 Å². The van der Waals surface area contributed by atoms with E-state index in [1.165, 1.54) is 48.4 Å². The fourth-order valence-electron chi connectivity index (χ4n) is 4.94. The number of anilines is 1. The fraction of sp³-hybridized carbons (Fsp3) is 0.300. The summed E-state index contributed by atoms with van der Waals surface area (Å²) in [7, 11) is 1.37. The third-order valence-corrected chi connectivity index (χ3v) is 6.91. The van der Waals surface area contributed by atoms with E-state index in [-0.39, 0.29) is 5.97 Å². The lowest BCUT2D eigenvalue weighted by atomic mass is 9.76. The second-order valence-electron chi connectivity index (χ2n) is 9.06. The van der Waals surface area contributed by atoms with Crippen LogP contribution in [0.3, 0.4) is 0 Å². The average Bonchev–Trinajstić information content (AvgIpc) is 2.86. The third kappa shape index (κ3) is 4.72. The molecule has 0 spiro atoms. The zero-order valence-electron chi connectivity index (χ0n) is 20.3. The molecular formula is C30H33NO3. The van der Waals surface area contributed by atoms with E-state index in [9.17, 15) is 9.90 Å². The molecule has 1 N–H and O–H groups in total. The molecule has 0 aromatic heterocycles. The Morgan fingerprint density at radius 1 is 1.09 bits per heavy atom. The number of phenols is 1. The summed E-state index contributed by atoms with van der Waals surface area (Å²) in [5.41, 5.74) is 6.62. The first-order valence-electron chi connectivity index (χ1n) is 12.0. The summed E-state index contributed by atoms with van der Waals surface area (Å²) in [5, 5.41) is 10.1. The molecule has 4 rings (SSSR count). The summed E-state index contributed by atoms with van der Waals surface area (Å²) in [4.78, 5) is 13.9. The van der Waals surface area contributed by atoms with Gasteiger partial charge in [-0.3, -0.25) is 0 Å². The van der Waals surface area contributed by atoms with Crippen molar-refractivity contribution in [3.05, 3.63) is 101 Å². The van der Waals surface area contributed by atoms with Crippen LogP contribution in [0.1, 0.15) is 54.5 Å². The van der Waals surface area contributed by atoms with Crippen LogP contribution in [0.2, 0.25) is 0 Å². The highest BCUT2D eigenvalue weighted by Gasteiger charge is 2.40. The number of carbonyl (C=O) groups excluding carboxylic acids is 1. The SMILES string of the molecule is CCCCc1ccc(N2CCc3cc(O)ccc3C2(C)c2ccc(/C=C/C(=O)OC)cc2)cc1. The van der Waals surface area contributed by atoms with Gasteiger partial charge in [0.1, 0.15) is 5.75 Å². The van der Waals surface area contributed by atoms with Gasteiger partial charge in [0.15, 0.2) is 0 Å². The number of unbranched alkanes of at least 4 members (excludes halogenated alkanes) is 1. The van der Waals surface area contributed by atoms with Crippen LogP contribution in [0, 0.1) is 0 Å². The number of aryl methyl sites for hydroxylation is 1. The molecule has 3 aromatic rings. The van der Waals surface area contributed by atoms with E-state index in [0.29, 0.717) is 5.75 Å². The lowest BCUT2D eigenvalue weighted by Gasteiger charge is -2.48. The number of esters is 1. The van der Waals surface area contributed by atoms with Gasteiger partial charge in [0.05, 0.1) is 12.6 Å². The van der Waals surface area contributed by atoms with Crippen LogP contribution in [0.25, 0.3) is 6.08 Å². The Hall–Kier alpha value is -3.53. The molecule has 1 atom stereocenters. The van der Waals surface area contributed by atoms with E-state index in [1.54, 1.807) is 12.1 Å². The molecule has 0 amide bonds. The van der Waals surface area contributed by atoms with Gasteiger partial charge in [-0.2, -0.15) is 0 Å². The van der Waals surface area contributed by atoms with E-state index < -0.39 is 5.54 Å². The van der Waals surface area contributed by atoms with Crippen molar-refractivity contribution in [2.24, 2.45) is 0 Å². The van der Waals surface area contributed by atoms with E-state index >= 15 is 0 Å². The zero-order chi connectivity index (χ0) is 24.1. The molecule has 4 nitrogen and oxygen atoms in total. The van der Waals surface area contributed by atoms with Crippen molar-refractivity contribution in [3.8, 4) is 5.75 Å².